The fourth-order valence-corrected chi connectivity index (χ4v) is 2.40. The van der Waals surface area contributed by atoms with Crippen LogP contribution in [0, 0.1) is 0 Å². The summed E-state index contributed by atoms with van der Waals surface area (Å²) < 4.78 is 5.00. The van der Waals surface area contributed by atoms with Crippen molar-refractivity contribution < 1.29 is 9.53 Å². The highest BCUT2D eigenvalue weighted by molar-refractivity contribution is 7.98. The highest BCUT2D eigenvalue weighted by atomic mass is 32.2. The molecule has 0 radical (unpaired) electrons. The molecule has 0 spiro atoms. The van der Waals surface area contributed by atoms with Gasteiger partial charge in [-0.3, -0.25) is 0 Å². The van der Waals surface area contributed by atoms with Gasteiger partial charge in [-0.1, -0.05) is 0 Å². The quantitative estimate of drug-likeness (QED) is 0.780. The van der Waals surface area contributed by atoms with E-state index in [9.17, 15) is 4.79 Å². The van der Waals surface area contributed by atoms with Crippen molar-refractivity contribution in [3.63, 3.8) is 0 Å². The van der Waals surface area contributed by atoms with E-state index in [2.05, 4.69) is 18.2 Å². The van der Waals surface area contributed by atoms with Crippen molar-refractivity contribution in [2.45, 2.75) is 26.3 Å². The molecule has 0 saturated carbocycles. The van der Waals surface area contributed by atoms with E-state index in [1.807, 2.05) is 23.7 Å². The molecule has 20 heavy (non-hydrogen) atoms. The molecule has 0 fully saturated rings. The summed E-state index contributed by atoms with van der Waals surface area (Å²) in [6.07, 6.45) is 4.71. The van der Waals surface area contributed by atoms with Crippen molar-refractivity contribution >= 4 is 29.2 Å². The van der Waals surface area contributed by atoms with Gasteiger partial charge in [-0.2, -0.15) is 11.8 Å². The van der Waals surface area contributed by atoms with Crippen LogP contribution in [-0.4, -0.2) is 42.7 Å². The Bertz CT molecular complexity index is 454. The second-order valence-electron chi connectivity index (χ2n) is 4.56. The summed E-state index contributed by atoms with van der Waals surface area (Å²) in [5.74, 6) is 1.30. The van der Waals surface area contributed by atoms with Crippen molar-refractivity contribution in [3.05, 3.63) is 17.8 Å². The minimum atomic E-state index is -0.404. The van der Waals surface area contributed by atoms with Crippen LogP contribution in [0.5, 0.6) is 0 Å². The number of anilines is 2. The first-order chi connectivity index (χ1) is 9.52. The molecule has 0 aliphatic heterocycles. The summed E-state index contributed by atoms with van der Waals surface area (Å²) in [5, 5.41) is 0. The Labute approximate surface area is 124 Å². The monoisotopic (exact) mass is 297 g/mol. The molecule has 1 aromatic heterocycles. The Hall–Kier alpha value is -1.43. The molecule has 6 heteroatoms. The number of pyridine rings is 1. The van der Waals surface area contributed by atoms with Gasteiger partial charge in [0.15, 0.2) is 5.82 Å². The maximum Gasteiger partial charge on any atom is 0.340 e. The van der Waals surface area contributed by atoms with Gasteiger partial charge in [0.2, 0.25) is 0 Å². The number of ether oxygens (including phenoxy) is 1. The van der Waals surface area contributed by atoms with Crippen LogP contribution in [0.2, 0.25) is 0 Å². The molecule has 1 aromatic rings. The second kappa shape index (κ2) is 7.99. The van der Waals surface area contributed by atoms with E-state index in [1.165, 1.54) is 0 Å². The molecule has 112 valence electrons. The van der Waals surface area contributed by atoms with Crippen LogP contribution >= 0.6 is 11.8 Å². The van der Waals surface area contributed by atoms with Crippen LogP contribution in [0.15, 0.2) is 12.3 Å². The molecule has 0 saturated heterocycles. The van der Waals surface area contributed by atoms with E-state index in [-0.39, 0.29) is 0 Å². The molecule has 0 aliphatic rings. The zero-order valence-corrected chi connectivity index (χ0v) is 13.4. The molecular formula is C14H23N3O2S. The first-order valence-corrected chi connectivity index (χ1v) is 8.05. The van der Waals surface area contributed by atoms with Gasteiger partial charge in [0.1, 0.15) is 0 Å². The van der Waals surface area contributed by atoms with Crippen LogP contribution in [0.4, 0.5) is 11.5 Å². The minimum Gasteiger partial charge on any atom is -0.462 e. The highest BCUT2D eigenvalue weighted by Gasteiger charge is 2.19. The average molecular weight is 297 g/mol. The Balaban J connectivity index is 2.95. The number of hydrogen-bond donors (Lipinski definition) is 1. The number of rotatable bonds is 7. The molecule has 2 N–H and O–H groups in total. The molecular weight excluding hydrogens is 274 g/mol. The van der Waals surface area contributed by atoms with Gasteiger partial charge >= 0.3 is 5.97 Å². The van der Waals surface area contributed by atoms with Crippen molar-refractivity contribution in [3.8, 4) is 0 Å². The average Bonchev–Trinajstić information content (AvgIpc) is 2.44. The lowest BCUT2D eigenvalue weighted by atomic mass is 10.2. The van der Waals surface area contributed by atoms with Gasteiger partial charge in [0.25, 0.3) is 0 Å². The number of nitrogens with zero attached hydrogens (tertiary/aromatic N) is 2. The van der Waals surface area contributed by atoms with Gasteiger partial charge in [-0.25, -0.2) is 9.78 Å². The van der Waals surface area contributed by atoms with Crippen molar-refractivity contribution in [2.24, 2.45) is 0 Å². The zero-order valence-electron chi connectivity index (χ0n) is 12.5. The second-order valence-corrected chi connectivity index (χ2v) is 5.54. The van der Waals surface area contributed by atoms with Crippen molar-refractivity contribution in [1.29, 1.82) is 0 Å². The number of nitrogen functional groups attached to an aromatic ring is 1. The van der Waals surface area contributed by atoms with E-state index in [4.69, 9.17) is 10.5 Å². The van der Waals surface area contributed by atoms with E-state index in [0.717, 1.165) is 12.2 Å². The molecule has 5 nitrogen and oxygen atoms in total. The minimum absolute atomic E-state index is 0.301. The third kappa shape index (κ3) is 4.03. The Morgan fingerprint density at radius 3 is 2.90 bits per heavy atom. The first-order valence-electron chi connectivity index (χ1n) is 6.66. The SMILES string of the molecule is CCOC(=O)c1ccnc(N(C)C(C)CCSC)c1N. The normalized spacial score (nSPS) is 12.0. The lowest BCUT2D eigenvalue weighted by Crippen LogP contribution is -2.31. The van der Waals surface area contributed by atoms with Crippen molar-refractivity contribution in [2.75, 3.05) is 36.3 Å². The molecule has 1 unspecified atom stereocenters. The Morgan fingerprint density at radius 2 is 2.30 bits per heavy atom. The molecule has 1 heterocycles. The summed E-state index contributed by atoms with van der Waals surface area (Å²) in [5.41, 5.74) is 6.83. The summed E-state index contributed by atoms with van der Waals surface area (Å²) in [6, 6.07) is 1.90. The van der Waals surface area contributed by atoms with E-state index < -0.39 is 5.97 Å². The number of aromatic nitrogens is 1. The summed E-state index contributed by atoms with van der Waals surface area (Å²) in [6.45, 7) is 4.22. The summed E-state index contributed by atoms with van der Waals surface area (Å²) in [4.78, 5) is 18.1. The summed E-state index contributed by atoms with van der Waals surface area (Å²) >= 11 is 1.81. The van der Waals surface area contributed by atoms with Crippen LogP contribution in [0.1, 0.15) is 30.6 Å². The van der Waals surface area contributed by atoms with Crippen LogP contribution in [0.3, 0.4) is 0 Å². The lowest BCUT2D eigenvalue weighted by molar-refractivity contribution is 0.0527. The number of hydrogen-bond acceptors (Lipinski definition) is 6. The third-order valence-corrected chi connectivity index (χ3v) is 3.84. The molecule has 1 rings (SSSR count). The van der Waals surface area contributed by atoms with E-state index in [1.54, 1.807) is 19.2 Å². The number of esters is 1. The molecule has 0 amide bonds. The number of thioether (sulfide) groups is 1. The predicted molar refractivity (Wildman–Crippen MR) is 85.5 cm³/mol. The van der Waals surface area contributed by atoms with E-state index >= 15 is 0 Å². The van der Waals surface area contributed by atoms with Gasteiger partial charge in [-0.15, -0.1) is 0 Å². The maximum atomic E-state index is 11.8. The number of carbonyl (C=O) groups excluding carboxylic acids is 1. The third-order valence-electron chi connectivity index (χ3n) is 3.20. The van der Waals surface area contributed by atoms with Gasteiger partial charge in [0, 0.05) is 19.3 Å². The van der Waals surface area contributed by atoms with Crippen LogP contribution in [-0.2, 0) is 4.74 Å². The zero-order chi connectivity index (χ0) is 15.1. The Morgan fingerprint density at radius 1 is 1.60 bits per heavy atom. The van der Waals surface area contributed by atoms with Gasteiger partial charge < -0.3 is 15.4 Å². The maximum absolute atomic E-state index is 11.8. The van der Waals surface area contributed by atoms with E-state index in [0.29, 0.717) is 29.7 Å². The van der Waals surface area contributed by atoms with Crippen molar-refractivity contribution in [1.82, 2.24) is 4.98 Å². The van der Waals surface area contributed by atoms with Crippen LogP contribution in [0.25, 0.3) is 0 Å². The predicted octanol–water partition coefficient (Wildman–Crippen LogP) is 2.42. The lowest BCUT2D eigenvalue weighted by Gasteiger charge is -2.27. The smallest absolute Gasteiger partial charge is 0.340 e. The molecule has 0 bridgehead atoms. The summed E-state index contributed by atoms with van der Waals surface area (Å²) in [7, 11) is 1.94. The topological polar surface area (TPSA) is 68.5 Å². The molecule has 0 aliphatic carbocycles. The Kier molecular flexibility index (Phi) is 6.64. The fourth-order valence-electron chi connectivity index (χ4n) is 1.82. The van der Waals surface area contributed by atoms with Gasteiger partial charge in [0.05, 0.1) is 17.9 Å². The number of carbonyl (C=O) groups is 1. The fraction of sp³-hybridized carbons (Fsp3) is 0.571. The van der Waals surface area contributed by atoms with Gasteiger partial charge in [-0.05, 0) is 38.3 Å². The molecule has 0 aromatic carbocycles. The number of nitrogens with two attached hydrogens (primary N) is 1. The standard InChI is InChI=1S/C14H23N3O2S/c1-5-19-14(18)11-6-8-16-13(12(11)15)17(3)10(2)7-9-20-4/h6,8,10H,5,7,9,15H2,1-4H3. The molecule has 1 atom stereocenters. The largest absolute Gasteiger partial charge is 0.462 e. The highest BCUT2D eigenvalue weighted by Crippen LogP contribution is 2.26. The van der Waals surface area contributed by atoms with Crippen LogP contribution < -0.4 is 10.6 Å². The first kappa shape index (κ1) is 16.6.